The van der Waals surface area contributed by atoms with Crippen molar-refractivity contribution >= 4 is 22.9 Å². The number of carbonyl (C=O) groups excluding carboxylic acids is 1. The van der Waals surface area contributed by atoms with Crippen molar-refractivity contribution in [1.82, 2.24) is 0 Å². The number of rotatable bonds is 3. The van der Waals surface area contributed by atoms with Gasteiger partial charge in [0.15, 0.2) is 0 Å². The lowest BCUT2D eigenvalue weighted by molar-refractivity contribution is 0.0600. The fourth-order valence-electron chi connectivity index (χ4n) is 2.48. The number of methoxy groups -OCH3 is 1. The van der Waals surface area contributed by atoms with E-state index in [1.54, 1.807) is 42.5 Å². The van der Waals surface area contributed by atoms with Gasteiger partial charge in [-0.1, -0.05) is 12.1 Å². The van der Waals surface area contributed by atoms with Crippen molar-refractivity contribution in [3.05, 3.63) is 59.2 Å². The van der Waals surface area contributed by atoms with Crippen LogP contribution in [-0.2, 0) is 4.74 Å². The van der Waals surface area contributed by atoms with Gasteiger partial charge in [-0.3, -0.25) is 0 Å². The fraction of sp³-hybridized carbons (Fsp3) is 0.111. The highest BCUT2D eigenvalue weighted by atomic mass is 16.5. The minimum Gasteiger partial charge on any atom is -0.478 e. The smallest absolute Gasteiger partial charge is 0.337 e. The quantitative estimate of drug-likeness (QED) is 0.743. The van der Waals surface area contributed by atoms with Crippen LogP contribution in [0.3, 0.4) is 0 Å². The van der Waals surface area contributed by atoms with E-state index in [-0.39, 0.29) is 5.56 Å². The molecule has 2 aromatic carbocycles. The van der Waals surface area contributed by atoms with Gasteiger partial charge in [0.1, 0.15) is 11.3 Å². The molecule has 0 aliphatic heterocycles. The van der Waals surface area contributed by atoms with Crippen molar-refractivity contribution in [3.8, 4) is 11.3 Å². The van der Waals surface area contributed by atoms with Crippen LogP contribution in [-0.4, -0.2) is 24.2 Å². The molecule has 116 valence electrons. The summed E-state index contributed by atoms with van der Waals surface area (Å²) in [5.41, 5.74) is 2.74. The van der Waals surface area contributed by atoms with E-state index in [0.29, 0.717) is 22.3 Å². The molecule has 1 N–H and O–H groups in total. The third-order valence-electron chi connectivity index (χ3n) is 3.60. The minimum atomic E-state index is -0.993. The Hall–Kier alpha value is -3.08. The fourth-order valence-corrected chi connectivity index (χ4v) is 2.48. The van der Waals surface area contributed by atoms with E-state index in [4.69, 9.17) is 4.42 Å². The number of ether oxygens (including phenoxy) is 1. The molecule has 0 saturated carbocycles. The van der Waals surface area contributed by atoms with Gasteiger partial charge in [-0.25, -0.2) is 9.59 Å². The monoisotopic (exact) mass is 310 g/mol. The summed E-state index contributed by atoms with van der Waals surface area (Å²) in [6.07, 6.45) is 0. The average Bonchev–Trinajstić information content (AvgIpc) is 2.97. The molecule has 0 radical (unpaired) electrons. The van der Waals surface area contributed by atoms with E-state index >= 15 is 0 Å². The number of fused-ring (bicyclic) bond motifs is 1. The minimum absolute atomic E-state index is 0.209. The lowest BCUT2D eigenvalue weighted by atomic mass is 10.1. The molecule has 3 aromatic rings. The molecule has 5 heteroatoms. The number of aromatic carboxylic acids is 1. The highest BCUT2D eigenvalue weighted by Gasteiger charge is 2.15. The van der Waals surface area contributed by atoms with Gasteiger partial charge in [-0.05, 0) is 42.8 Å². The normalized spacial score (nSPS) is 10.7. The Bertz CT molecular complexity index is 903. The molecule has 3 rings (SSSR count). The zero-order valence-corrected chi connectivity index (χ0v) is 12.6. The summed E-state index contributed by atoms with van der Waals surface area (Å²) in [5, 5.41) is 9.87. The van der Waals surface area contributed by atoms with Gasteiger partial charge in [0.05, 0.1) is 18.2 Å². The summed E-state index contributed by atoms with van der Waals surface area (Å²) in [7, 11) is 1.32. The van der Waals surface area contributed by atoms with Crippen LogP contribution in [0.2, 0.25) is 0 Å². The molecule has 0 fully saturated rings. The molecule has 5 nitrogen and oxygen atoms in total. The molecule has 0 bridgehead atoms. The first kappa shape index (κ1) is 14.8. The molecule has 1 aromatic heterocycles. The summed E-state index contributed by atoms with van der Waals surface area (Å²) < 4.78 is 10.4. The molecule has 0 saturated heterocycles. The predicted molar refractivity (Wildman–Crippen MR) is 84.7 cm³/mol. The van der Waals surface area contributed by atoms with Crippen LogP contribution in [0.5, 0.6) is 0 Å². The van der Waals surface area contributed by atoms with Crippen molar-refractivity contribution in [2.24, 2.45) is 0 Å². The molecule has 0 unspecified atom stereocenters. The van der Waals surface area contributed by atoms with Gasteiger partial charge >= 0.3 is 11.9 Å². The first-order valence-electron chi connectivity index (χ1n) is 6.96. The summed E-state index contributed by atoms with van der Waals surface area (Å²) in [6, 6.07) is 11.9. The lowest BCUT2D eigenvalue weighted by Gasteiger charge is -2.00. The highest BCUT2D eigenvalue weighted by Crippen LogP contribution is 2.31. The molecule has 1 heterocycles. The molecular formula is C18H14O5. The Balaban J connectivity index is 2.08. The van der Waals surface area contributed by atoms with Gasteiger partial charge in [0.25, 0.3) is 0 Å². The first-order chi connectivity index (χ1) is 11.0. The molecule has 0 amide bonds. The van der Waals surface area contributed by atoms with Gasteiger partial charge in [-0.2, -0.15) is 0 Å². The largest absolute Gasteiger partial charge is 0.478 e. The number of carbonyl (C=O) groups is 2. The van der Waals surface area contributed by atoms with E-state index in [2.05, 4.69) is 4.74 Å². The molecule has 23 heavy (non-hydrogen) atoms. The van der Waals surface area contributed by atoms with Crippen molar-refractivity contribution in [2.75, 3.05) is 7.11 Å². The van der Waals surface area contributed by atoms with Crippen molar-refractivity contribution in [1.29, 1.82) is 0 Å². The van der Waals surface area contributed by atoms with Crippen LogP contribution in [0, 0.1) is 6.92 Å². The second-order valence-corrected chi connectivity index (χ2v) is 5.21. The van der Waals surface area contributed by atoms with Crippen LogP contribution >= 0.6 is 0 Å². The van der Waals surface area contributed by atoms with Gasteiger partial charge < -0.3 is 14.3 Å². The highest BCUT2D eigenvalue weighted by molar-refractivity contribution is 6.03. The predicted octanol–water partition coefficient (Wildman–Crippen LogP) is 3.89. The van der Waals surface area contributed by atoms with E-state index in [1.165, 1.54) is 7.11 Å². The van der Waals surface area contributed by atoms with Gasteiger partial charge in [0.2, 0.25) is 0 Å². The number of hydrogen-bond donors (Lipinski definition) is 1. The van der Waals surface area contributed by atoms with Crippen LogP contribution < -0.4 is 0 Å². The molecule has 0 aliphatic carbocycles. The Morgan fingerprint density at radius 1 is 1.09 bits per heavy atom. The van der Waals surface area contributed by atoms with Crippen LogP contribution in [0.15, 0.2) is 46.9 Å². The summed E-state index contributed by atoms with van der Waals surface area (Å²) in [5.74, 6) is -0.860. The molecule has 0 spiro atoms. The summed E-state index contributed by atoms with van der Waals surface area (Å²) >= 11 is 0. The van der Waals surface area contributed by atoms with Crippen LogP contribution in [0.25, 0.3) is 22.3 Å². The second kappa shape index (κ2) is 5.61. The molecule has 0 atom stereocenters. The Morgan fingerprint density at radius 2 is 1.78 bits per heavy atom. The van der Waals surface area contributed by atoms with Crippen molar-refractivity contribution < 1.29 is 23.8 Å². The Labute approximate surface area is 132 Å². The number of furan rings is 1. The summed E-state index contributed by atoms with van der Waals surface area (Å²) in [4.78, 5) is 22.8. The average molecular weight is 310 g/mol. The number of hydrogen-bond acceptors (Lipinski definition) is 4. The maximum Gasteiger partial charge on any atom is 0.337 e. The molecule has 0 aliphatic rings. The zero-order chi connectivity index (χ0) is 16.6. The van der Waals surface area contributed by atoms with Crippen LogP contribution in [0.1, 0.15) is 26.3 Å². The van der Waals surface area contributed by atoms with Gasteiger partial charge in [0, 0.05) is 10.9 Å². The van der Waals surface area contributed by atoms with Crippen molar-refractivity contribution in [2.45, 2.75) is 6.92 Å². The van der Waals surface area contributed by atoms with E-state index in [0.717, 1.165) is 11.1 Å². The third-order valence-corrected chi connectivity index (χ3v) is 3.60. The number of aryl methyl sites for hydroxylation is 1. The zero-order valence-electron chi connectivity index (χ0n) is 12.6. The molecular weight excluding hydrogens is 296 g/mol. The van der Waals surface area contributed by atoms with E-state index in [9.17, 15) is 14.7 Å². The standard InChI is InChI=1S/C18H14O5/c1-10-7-14(17(19)20)13-9-15(23-16(13)8-10)11-3-5-12(6-4-11)18(21)22-2/h3-9H,1-2H3,(H,19,20). The van der Waals surface area contributed by atoms with Crippen LogP contribution in [0.4, 0.5) is 0 Å². The van der Waals surface area contributed by atoms with Gasteiger partial charge in [-0.15, -0.1) is 0 Å². The number of carboxylic acid groups (broad SMARTS) is 1. The number of esters is 1. The SMILES string of the molecule is COC(=O)c1ccc(-c2cc3c(C(=O)O)cc(C)cc3o2)cc1. The Kier molecular flexibility index (Phi) is 3.62. The number of benzene rings is 2. The van der Waals surface area contributed by atoms with Crippen molar-refractivity contribution in [3.63, 3.8) is 0 Å². The number of carboxylic acids is 1. The maximum absolute atomic E-state index is 11.4. The van der Waals surface area contributed by atoms with E-state index < -0.39 is 11.9 Å². The summed E-state index contributed by atoms with van der Waals surface area (Å²) in [6.45, 7) is 1.82. The first-order valence-corrected chi connectivity index (χ1v) is 6.96. The maximum atomic E-state index is 11.4. The second-order valence-electron chi connectivity index (χ2n) is 5.21. The Morgan fingerprint density at radius 3 is 2.39 bits per heavy atom. The topological polar surface area (TPSA) is 76.7 Å². The van der Waals surface area contributed by atoms with E-state index in [1.807, 2.05) is 6.92 Å². The lowest BCUT2D eigenvalue weighted by Crippen LogP contribution is -2.00. The third kappa shape index (κ3) is 2.68.